The maximum atomic E-state index is 12.9. The molecule has 0 aliphatic carbocycles. The predicted molar refractivity (Wildman–Crippen MR) is 97.2 cm³/mol. The number of hydrogen-bond donors (Lipinski definition) is 1. The van der Waals surface area contributed by atoms with Gasteiger partial charge in [-0.25, -0.2) is 12.8 Å². The number of aryl methyl sites for hydroxylation is 1. The zero-order valence-electron chi connectivity index (χ0n) is 14.8. The molecule has 1 N–H and O–H groups in total. The molecule has 2 aromatic rings. The Bertz CT molecular complexity index is 883. The Morgan fingerprint density at radius 3 is 2.42 bits per heavy atom. The van der Waals surface area contributed by atoms with Crippen molar-refractivity contribution in [2.75, 3.05) is 25.5 Å². The lowest BCUT2D eigenvalue weighted by atomic mass is 10.2. The van der Waals surface area contributed by atoms with E-state index in [0.29, 0.717) is 5.69 Å². The number of halogens is 1. The van der Waals surface area contributed by atoms with Gasteiger partial charge >= 0.3 is 0 Å². The number of amides is 1. The van der Waals surface area contributed by atoms with Gasteiger partial charge in [0.15, 0.2) is 0 Å². The summed E-state index contributed by atoms with van der Waals surface area (Å²) in [5, 5.41) is 2.55. The van der Waals surface area contributed by atoms with Crippen molar-refractivity contribution in [3.05, 3.63) is 53.8 Å². The van der Waals surface area contributed by atoms with Crippen LogP contribution in [-0.4, -0.2) is 38.8 Å². The Morgan fingerprint density at radius 2 is 1.85 bits per heavy atom. The van der Waals surface area contributed by atoms with Crippen molar-refractivity contribution in [1.29, 1.82) is 0 Å². The molecule has 0 saturated carbocycles. The fourth-order valence-corrected chi connectivity index (χ4v) is 4.03. The van der Waals surface area contributed by atoms with E-state index in [2.05, 4.69) is 5.32 Å². The monoisotopic (exact) mass is 380 g/mol. The molecule has 0 aliphatic heterocycles. The van der Waals surface area contributed by atoms with E-state index in [-0.39, 0.29) is 23.7 Å². The Labute approximate surface area is 152 Å². The standard InChI is InChI=1S/C18H21FN2O4S/c1-4-21(12-18(22)20-15-8-6-14(19)7-9-15)26(23,24)17-11-13(2)5-10-16(17)25-3/h5-11H,4,12H2,1-3H3,(H,20,22). The summed E-state index contributed by atoms with van der Waals surface area (Å²) in [7, 11) is -2.53. The third-order valence-corrected chi connectivity index (χ3v) is 5.68. The second kappa shape index (κ2) is 8.29. The zero-order chi connectivity index (χ0) is 19.3. The number of anilines is 1. The molecule has 0 bridgehead atoms. The number of sulfonamides is 1. The van der Waals surface area contributed by atoms with E-state index in [1.165, 1.54) is 37.4 Å². The van der Waals surface area contributed by atoms with Crippen LogP contribution in [0.2, 0.25) is 0 Å². The largest absolute Gasteiger partial charge is 0.495 e. The van der Waals surface area contributed by atoms with Crippen LogP contribution in [0.3, 0.4) is 0 Å². The summed E-state index contributed by atoms with van der Waals surface area (Å²) in [6, 6.07) is 10.1. The number of methoxy groups -OCH3 is 1. The van der Waals surface area contributed by atoms with Gasteiger partial charge in [0.05, 0.1) is 13.7 Å². The van der Waals surface area contributed by atoms with E-state index in [0.717, 1.165) is 9.87 Å². The lowest BCUT2D eigenvalue weighted by Crippen LogP contribution is -2.38. The zero-order valence-corrected chi connectivity index (χ0v) is 15.6. The van der Waals surface area contributed by atoms with Crippen LogP contribution in [0.25, 0.3) is 0 Å². The van der Waals surface area contributed by atoms with Crippen LogP contribution in [0.15, 0.2) is 47.4 Å². The second-order valence-electron chi connectivity index (χ2n) is 5.64. The van der Waals surface area contributed by atoms with Gasteiger partial charge in [0, 0.05) is 12.2 Å². The Morgan fingerprint density at radius 1 is 1.19 bits per heavy atom. The minimum atomic E-state index is -3.92. The van der Waals surface area contributed by atoms with Gasteiger partial charge in [-0.1, -0.05) is 13.0 Å². The highest BCUT2D eigenvalue weighted by Crippen LogP contribution is 2.27. The molecule has 140 valence electrons. The van der Waals surface area contributed by atoms with Crippen LogP contribution >= 0.6 is 0 Å². The summed E-state index contributed by atoms with van der Waals surface area (Å²) in [4.78, 5) is 12.2. The van der Waals surface area contributed by atoms with E-state index >= 15 is 0 Å². The maximum Gasteiger partial charge on any atom is 0.247 e. The van der Waals surface area contributed by atoms with Crippen molar-refractivity contribution in [1.82, 2.24) is 4.31 Å². The van der Waals surface area contributed by atoms with Gasteiger partial charge in [-0.05, 0) is 48.9 Å². The minimum absolute atomic E-state index is 0.0106. The van der Waals surface area contributed by atoms with Gasteiger partial charge < -0.3 is 10.1 Å². The van der Waals surface area contributed by atoms with E-state index in [9.17, 15) is 17.6 Å². The number of carbonyl (C=O) groups excluding carboxylic acids is 1. The van der Waals surface area contributed by atoms with Gasteiger partial charge in [0.1, 0.15) is 16.5 Å². The third-order valence-electron chi connectivity index (χ3n) is 3.74. The molecule has 0 unspecified atom stereocenters. The number of carbonyl (C=O) groups is 1. The fourth-order valence-electron chi connectivity index (χ4n) is 2.39. The Kier molecular flexibility index (Phi) is 6.33. The summed E-state index contributed by atoms with van der Waals surface area (Å²) in [5.74, 6) is -0.728. The molecule has 8 heteroatoms. The van der Waals surface area contributed by atoms with Crippen LogP contribution in [-0.2, 0) is 14.8 Å². The van der Waals surface area contributed by atoms with Gasteiger partial charge in [-0.3, -0.25) is 4.79 Å². The van der Waals surface area contributed by atoms with Crippen molar-refractivity contribution in [3.8, 4) is 5.75 Å². The minimum Gasteiger partial charge on any atom is -0.495 e. The highest BCUT2D eigenvalue weighted by molar-refractivity contribution is 7.89. The molecule has 0 spiro atoms. The molecule has 2 aromatic carbocycles. The summed E-state index contributed by atoms with van der Waals surface area (Å²) in [6.07, 6.45) is 0. The van der Waals surface area contributed by atoms with E-state index in [4.69, 9.17) is 4.74 Å². The molecular formula is C18H21FN2O4S. The number of nitrogens with one attached hydrogen (secondary N) is 1. The lowest BCUT2D eigenvalue weighted by molar-refractivity contribution is -0.116. The smallest absolute Gasteiger partial charge is 0.247 e. The number of rotatable bonds is 7. The molecule has 0 radical (unpaired) electrons. The average Bonchev–Trinajstić information content (AvgIpc) is 2.61. The second-order valence-corrected chi connectivity index (χ2v) is 7.55. The van der Waals surface area contributed by atoms with Gasteiger partial charge in [-0.15, -0.1) is 0 Å². The third kappa shape index (κ3) is 4.59. The van der Waals surface area contributed by atoms with E-state index in [1.807, 2.05) is 0 Å². The molecular weight excluding hydrogens is 359 g/mol. The molecule has 1 amide bonds. The number of hydrogen-bond acceptors (Lipinski definition) is 4. The van der Waals surface area contributed by atoms with Crippen LogP contribution in [0.5, 0.6) is 5.75 Å². The number of ether oxygens (including phenoxy) is 1. The van der Waals surface area contributed by atoms with Gasteiger partial charge in [0.25, 0.3) is 0 Å². The van der Waals surface area contributed by atoms with E-state index in [1.54, 1.807) is 26.0 Å². The molecule has 0 atom stereocenters. The number of likely N-dealkylation sites (N-methyl/N-ethyl adjacent to an activating group) is 1. The topological polar surface area (TPSA) is 75.7 Å². The molecule has 0 aromatic heterocycles. The van der Waals surface area contributed by atoms with Crippen LogP contribution in [0.1, 0.15) is 12.5 Å². The number of benzene rings is 2. The lowest BCUT2D eigenvalue weighted by Gasteiger charge is -2.21. The SMILES string of the molecule is CCN(CC(=O)Nc1ccc(F)cc1)S(=O)(=O)c1cc(C)ccc1OC. The quantitative estimate of drug-likeness (QED) is 0.801. The van der Waals surface area contributed by atoms with Gasteiger partial charge in [0.2, 0.25) is 15.9 Å². The predicted octanol–water partition coefficient (Wildman–Crippen LogP) is 2.79. The molecule has 0 fully saturated rings. The Hall–Kier alpha value is -2.45. The maximum absolute atomic E-state index is 12.9. The highest BCUT2D eigenvalue weighted by atomic mass is 32.2. The Balaban J connectivity index is 2.22. The van der Waals surface area contributed by atoms with Crippen LogP contribution in [0, 0.1) is 12.7 Å². The van der Waals surface area contributed by atoms with Crippen molar-refractivity contribution in [2.45, 2.75) is 18.7 Å². The molecule has 0 saturated heterocycles. The summed E-state index contributed by atoms with van der Waals surface area (Å²) in [5.41, 5.74) is 1.15. The molecule has 6 nitrogen and oxygen atoms in total. The molecule has 2 rings (SSSR count). The summed E-state index contributed by atoms with van der Waals surface area (Å²) >= 11 is 0. The first kappa shape index (κ1) is 19.9. The van der Waals surface area contributed by atoms with Gasteiger partial charge in [-0.2, -0.15) is 4.31 Å². The van der Waals surface area contributed by atoms with Crippen LogP contribution in [0.4, 0.5) is 10.1 Å². The first-order valence-electron chi connectivity index (χ1n) is 7.98. The highest BCUT2D eigenvalue weighted by Gasteiger charge is 2.28. The van der Waals surface area contributed by atoms with Crippen molar-refractivity contribution in [2.24, 2.45) is 0 Å². The molecule has 26 heavy (non-hydrogen) atoms. The van der Waals surface area contributed by atoms with Crippen molar-refractivity contribution < 1.29 is 22.3 Å². The van der Waals surface area contributed by atoms with E-state index < -0.39 is 21.7 Å². The fraction of sp³-hybridized carbons (Fsp3) is 0.278. The number of nitrogens with zero attached hydrogens (tertiary/aromatic N) is 1. The first-order valence-corrected chi connectivity index (χ1v) is 9.42. The summed E-state index contributed by atoms with van der Waals surface area (Å²) in [6.45, 7) is 3.16. The normalized spacial score (nSPS) is 11.4. The summed E-state index contributed by atoms with van der Waals surface area (Å²) < 4.78 is 45.0. The van der Waals surface area contributed by atoms with Crippen molar-refractivity contribution in [3.63, 3.8) is 0 Å². The van der Waals surface area contributed by atoms with Crippen molar-refractivity contribution >= 4 is 21.6 Å². The molecule has 0 heterocycles. The van der Waals surface area contributed by atoms with Crippen LogP contribution < -0.4 is 10.1 Å². The molecule has 0 aliphatic rings. The average molecular weight is 380 g/mol. The first-order chi connectivity index (χ1) is 12.3.